The summed E-state index contributed by atoms with van der Waals surface area (Å²) in [7, 11) is 0. The number of halogens is 1. The highest BCUT2D eigenvalue weighted by molar-refractivity contribution is 9.10. The van der Waals surface area contributed by atoms with Crippen molar-refractivity contribution in [2.24, 2.45) is 0 Å². The van der Waals surface area contributed by atoms with Crippen LogP contribution in [0.5, 0.6) is 0 Å². The van der Waals surface area contributed by atoms with Crippen LogP contribution in [0.1, 0.15) is 44.2 Å². The maximum atomic E-state index is 5.68. The third-order valence-corrected chi connectivity index (χ3v) is 3.28. The molecule has 0 aromatic carbocycles. The van der Waals surface area contributed by atoms with Gasteiger partial charge in [0.1, 0.15) is 11.8 Å². The van der Waals surface area contributed by atoms with Gasteiger partial charge in [0.05, 0.1) is 11.9 Å². The molecule has 0 saturated heterocycles. The van der Waals surface area contributed by atoms with Crippen molar-refractivity contribution in [3.05, 3.63) is 34.5 Å². The Morgan fingerprint density at radius 1 is 1.37 bits per heavy atom. The van der Waals surface area contributed by atoms with E-state index in [2.05, 4.69) is 45.4 Å². The molecule has 2 heterocycles. The van der Waals surface area contributed by atoms with Crippen LogP contribution in [0.2, 0.25) is 0 Å². The van der Waals surface area contributed by atoms with Crippen LogP contribution in [-0.2, 0) is 6.54 Å². The Morgan fingerprint density at radius 2 is 2.21 bits per heavy atom. The van der Waals surface area contributed by atoms with Gasteiger partial charge in [-0.1, -0.05) is 19.1 Å². The van der Waals surface area contributed by atoms with Crippen molar-refractivity contribution in [3.63, 3.8) is 0 Å². The third kappa shape index (κ3) is 3.45. The molecular weight excluding hydrogens is 308 g/mol. The number of aryl methyl sites for hydroxylation is 1. The van der Waals surface area contributed by atoms with Crippen molar-refractivity contribution in [2.45, 2.75) is 39.3 Å². The molecule has 0 amide bonds. The van der Waals surface area contributed by atoms with Gasteiger partial charge in [-0.3, -0.25) is 0 Å². The molecule has 1 N–H and O–H groups in total. The first-order valence-electron chi connectivity index (χ1n) is 6.63. The second kappa shape index (κ2) is 6.86. The molecule has 2 aromatic heterocycles. The molecule has 2 aromatic rings. The predicted octanol–water partition coefficient (Wildman–Crippen LogP) is 3.13. The Kier molecular flexibility index (Phi) is 5.15. The minimum Gasteiger partial charge on any atom is -0.452 e. The summed E-state index contributed by atoms with van der Waals surface area (Å²) in [6, 6.07) is 3.87. The van der Waals surface area contributed by atoms with Gasteiger partial charge in [-0.15, -0.1) is 5.10 Å². The van der Waals surface area contributed by atoms with Crippen molar-refractivity contribution in [1.82, 2.24) is 20.3 Å². The lowest BCUT2D eigenvalue weighted by Crippen LogP contribution is -2.25. The fourth-order valence-electron chi connectivity index (χ4n) is 2.00. The van der Waals surface area contributed by atoms with E-state index in [1.807, 2.05) is 16.8 Å². The van der Waals surface area contributed by atoms with Crippen LogP contribution in [0.4, 0.5) is 0 Å². The van der Waals surface area contributed by atoms with Gasteiger partial charge in [-0.25, -0.2) is 4.68 Å². The van der Waals surface area contributed by atoms with E-state index in [0.717, 1.165) is 42.1 Å². The van der Waals surface area contributed by atoms with E-state index in [4.69, 9.17) is 4.42 Å². The molecule has 0 fully saturated rings. The van der Waals surface area contributed by atoms with E-state index in [-0.39, 0.29) is 6.04 Å². The molecule has 0 bridgehead atoms. The van der Waals surface area contributed by atoms with Gasteiger partial charge in [0, 0.05) is 6.54 Å². The van der Waals surface area contributed by atoms with Crippen molar-refractivity contribution >= 4 is 15.9 Å². The number of furan rings is 1. The first kappa shape index (κ1) is 14.3. The Balaban J connectivity index is 2.28. The summed E-state index contributed by atoms with van der Waals surface area (Å²) >= 11 is 3.35. The van der Waals surface area contributed by atoms with Crippen LogP contribution in [0.25, 0.3) is 0 Å². The van der Waals surface area contributed by atoms with Crippen LogP contribution in [-0.4, -0.2) is 21.5 Å². The van der Waals surface area contributed by atoms with Gasteiger partial charge in [-0.2, -0.15) is 0 Å². The summed E-state index contributed by atoms with van der Waals surface area (Å²) in [5.74, 6) is 0.875. The lowest BCUT2D eigenvalue weighted by molar-refractivity contribution is 0.412. The average Bonchev–Trinajstić information content (AvgIpc) is 3.01. The van der Waals surface area contributed by atoms with Crippen LogP contribution in [0.15, 0.2) is 27.4 Å². The van der Waals surface area contributed by atoms with E-state index >= 15 is 0 Å². The van der Waals surface area contributed by atoms with E-state index in [0.29, 0.717) is 0 Å². The quantitative estimate of drug-likeness (QED) is 0.849. The Morgan fingerprint density at radius 3 is 2.84 bits per heavy atom. The number of nitrogens with zero attached hydrogens (tertiary/aromatic N) is 3. The van der Waals surface area contributed by atoms with Gasteiger partial charge >= 0.3 is 0 Å². The number of hydrogen-bond donors (Lipinski definition) is 1. The van der Waals surface area contributed by atoms with Crippen LogP contribution < -0.4 is 5.32 Å². The zero-order chi connectivity index (χ0) is 13.7. The number of rotatable bonds is 7. The molecule has 5 nitrogen and oxygen atoms in total. The van der Waals surface area contributed by atoms with Gasteiger partial charge in [0.25, 0.3) is 0 Å². The normalized spacial score (nSPS) is 12.8. The second-order valence-electron chi connectivity index (χ2n) is 4.41. The number of nitrogens with one attached hydrogen (secondary N) is 1. The third-order valence-electron chi connectivity index (χ3n) is 2.86. The average molecular weight is 327 g/mol. The molecule has 0 aliphatic carbocycles. The maximum absolute atomic E-state index is 5.68. The summed E-state index contributed by atoms with van der Waals surface area (Å²) < 4.78 is 8.36. The zero-order valence-corrected chi connectivity index (χ0v) is 12.9. The molecule has 104 valence electrons. The summed E-state index contributed by atoms with van der Waals surface area (Å²) in [6.07, 6.45) is 3.89. The van der Waals surface area contributed by atoms with Crippen LogP contribution in [0, 0.1) is 0 Å². The molecule has 1 atom stereocenters. The molecule has 0 radical (unpaired) electrons. The topological polar surface area (TPSA) is 55.9 Å². The lowest BCUT2D eigenvalue weighted by atomic mass is 10.1. The molecule has 0 aliphatic rings. The molecule has 2 rings (SSSR count). The molecule has 0 saturated carbocycles. The van der Waals surface area contributed by atoms with Crippen molar-refractivity contribution in [2.75, 3.05) is 6.54 Å². The number of aromatic nitrogens is 3. The smallest absolute Gasteiger partial charge is 0.169 e. The van der Waals surface area contributed by atoms with E-state index in [9.17, 15) is 0 Å². The second-order valence-corrected chi connectivity index (χ2v) is 5.19. The molecule has 0 spiro atoms. The van der Waals surface area contributed by atoms with Gasteiger partial charge in [-0.05, 0) is 47.4 Å². The highest BCUT2D eigenvalue weighted by Gasteiger charge is 2.21. The van der Waals surface area contributed by atoms with Crippen LogP contribution >= 0.6 is 15.9 Å². The highest BCUT2D eigenvalue weighted by Crippen LogP contribution is 2.25. The van der Waals surface area contributed by atoms with Gasteiger partial charge < -0.3 is 9.73 Å². The van der Waals surface area contributed by atoms with E-state index < -0.39 is 0 Å². The van der Waals surface area contributed by atoms with Crippen molar-refractivity contribution in [3.8, 4) is 0 Å². The summed E-state index contributed by atoms with van der Waals surface area (Å²) in [6.45, 7) is 6.05. The Labute approximate surface area is 121 Å². The predicted molar refractivity (Wildman–Crippen MR) is 76.9 cm³/mol. The first-order valence-corrected chi connectivity index (χ1v) is 7.42. The van der Waals surface area contributed by atoms with Crippen molar-refractivity contribution < 1.29 is 4.42 Å². The molecular formula is C13H19BrN4O. The van der Waals surface area contributed by atoms with Gasteiger partial charge in [0.15, 0.2) is 4.67 Å². The standard InChI is InChI=1S/C13H19BrN4O/c1-3-7-15-13(11-5-6-12(14)19-11)10-9-16-17-18(10)8-4-2/h5-6,9,13,15H,3-4,7-8H2,1-2H3. The lowest BCUT2D eigenvalue weighted by Gasteiger charge is -2.17. The minimum absolute atomic E-state index is 0.00667. The van der Waals surface area contributed by atoms with E-state index in [1.165, 1.54) is 0 Å². The molecule has 6 heteroatoms. The number of hydrogen-bond acceptors (Lipinski definition) is 4. The first-order chi connectivity index (χ1) is 9.26. The van der Waals surface area contributed by atoms with E-state index in [1.54, 1.807) is 6.20 Å². The molecule has 19 heavy (non-hydrogen) atoms. The fourth-order valence-corrected chi connectivity index (χ4v) is 2.32. The molecule has 0 aliphatic heterocycles. The Bertz CT molecular complexity index is 508. The summed E-state index contributed by atoms with van der Waals surface area (Å²) in [5, 5.41) is 11.6. The summed E-state index contributed by atoms with van der Waals surface area (Å²) in [5.41, 5.74) is 1.04. The van der Waals surface area contributed by atoms with Gasteiger partial charge in [0.2, 0.25) is 0 Å². The summed E-state index contributed by atoms with van der Waals surface area (Å²) in [4.78, 5) is 0. The van der Waals surface area contributed by atoms with Crippen LogP contribution in [0.3, 0.4) is 0 Å². The maximum Gasteiger partial charge on any atom is 0.169 e. The minimum atomic E-state index is -0.00667. The Hall–Kier alpha value is -1.14. The van der Waals surface area contributed by atoms with Crippen molar-refractivity contribution in [1.29, 1.82) is 0 Å². The monoisotopic (exact) mass is 326 g/mol. The largest absolute Gasteiger partial charge is 0.452 e. The highest BCUT2D eigenvalue weighted by atomic mass is 79.9. The SMILES string of the molecule is CCCNC(c1ccc(Br)o1)c1cnnn1CCC. The fraction of sp³-hybridized carbons (Fsp3) is 0.538. The molecule has 1 unspecified atom stereocenters. The zero-order valence-electron chi connectivity index (χ0n) is 11.3.